The Morgan fingerprint density at radius 1 is 1.09 bits per heavy atom. The van der Waals surface area contributed by atoms with Crippen molar-refractivity contribution in [2.24, 2.45) is 0 Å². The number of hydrogen-bond acceptors (Lipinski definition) is 4. The van der Waals surface area contributed by atoms with Crippen LogP contribution in [0.2, 0.25) is 5.02 Å². The number of rotatable bonds is 6. The number of anilines is 2. The van der Waals surface area contributed by atoms with Gasteiger partial charge in [0.15, 0.2) is 0 Å². The van der Waals surface area contributed by atoms with Crippen LogP contribution in [0.15, 0.2) is 36.5 Å². The number of halogens is 1. The molecular formula is C17H21ClN4. The van der Waals surface area contributed by atoms with E-state index in [1.165, 1.54) is 31.2 Å². The minimum absolute atomic E-state index is 0.566. The normalized spacial score (nSPS) is 15.0. The molecule has 0 unspecified atom stereocenters. The molecule has 1 aromatic carbocycles. The molecule has 0 bridgehead atoms. The van der Waals surface area contributed by atoms with Crippen molar-refractivity contribution in [3.05, 3.63) is 47.1 Å². The van der Waals surface area contributed by atoms with Crippen LogP contribution >= 0.6 is 11.6 Å². The zero-order chi connectivity index (χ0) is 15.2. The zero-order valence-electron chi connectivity index (χ0n) is 12.6. The molecule has 1 aliphatic rings. The Labute approximate surface area is 136 Å². The number of benzene rings is 1. The van der Waals surface area contributed by atoms with Crippen LogP contribution in [0.25, 0.3) is 0 Å². The summed E-state index contributed by atoms with van der Waals surface area (Å²) < 4.78 is 0. The van der Waals surface area contributed by atoms with Gasteiger partial charge in [0.1, 0.15) is 5.82 Å². The van der Waals surface area contributed by atoms with E-state index in [2.05, 4.69) is 20.6 Å². The zero-order valence-corrected chi connectivity index (χ0v) is 13.3. The molecule has 1 saturated carbocycles. The molecule has 1 aromatic heterocycles. The molecule has 5 heteroatoms. The number of nitrogens with zero attached hydrogens (tertiary/aromatic N) is 2. The van der Waals surface area contributed by atoms with Gasteiger partial charge in [0, 0.05) is 23.8 Å². The van der Waals surface area contributed by atoms with Gasteiger partial charge < -0.3 is 10.6 Å². The van der Waals surface area contributed by atoms with Crippen LogP contribution in [0.1, 0.15) is 31.2 Å². The highest BCUT2D eigenvalue weighted by Crippen LogP contribution is 2.21. The van der Waals surface area contributed by atoms with Gasteiger partial charge in [-0.25, -0.2) is 4.98 Å². The summed E-state index contributed by atoms with van der Waals surface area (Å²) in [5.41, 5.74) is 1.25. The van der Waals surface area contributed by atoms with Crippen LogP contribution in [0, 0.1) is 0 Å². The number of aromatic nitrogens is 2. The van der Waals surface area contributed by atoms with E-state index in [4.69, 9.17) is 11.6 Å². The van der Waals surface area contributed by atoms with Gasteiger partial charge >= 0.3 is 0 Å². The molecule has 0 saturated heterocycles. The van der Waals surface area contributed by atoms with Gasteiger partial charge in [0.2, 0.25) is 5.95 Å². The summed E-state index contributed by atoms with van der Waals surface area (Å²) in [6.07, 6.45) is 7.83. The van der Waals surface area contributed by atoms with Crippen molar-refractivity contribution in [3.63, 3.8) is 0 Å². The fraction of sp³-hybridized carbons (Fsp3) is 0.412. The predicted molar refractivity (Wildman–Crippen MR) is 91.6 cm³/mol. The molecule has 1 heterocycles. The Kier molecular flexibility index (Phi) is 5.11. The lowest BCUT2D eigenvalue weighted by molar-refractivity contribution is 0.750. The van der Waals surface area contributed by atoms with Gasteiger partial charge in [-0.3, -0.25) is 0 Å². The van der Waals surface area contributed by atoms with Gasteiger partial charge in [0.25, 0.3) is 0 Å². The molecule has 2 aromatic rings. The number of hydrogen-bond donors (Lipinski definition) is 2. The maximum atomic E-state index is 5.89. The van der Waals surface area contributed by atoms with E-state index in [1.807, 2.05) is 30.3 Å². The topological polar surface area (TPSA) is 49.8 Å². The first-order valence-electron chi connectivity index (χ1n) is 7.87. The van der Waals surface area contributed by atoms with Gasteiger partial charge in [-0.2, -0.15) is 4.98 Å². The molecule has 22 heavy (non-hydrogen) atoms. The molecule has 1 aliphatic carbocycles. The largest absolute Gasteiger partial charge is 0.367 e. The highest BCUT2D eigenvalue weighted by Gasteiger charge is 2.14. The van der Waals surface area contributed by atoms with E-state index >= 15 is 0 Å². The average molecular weight is 317 g/mol. The highest BCUT2D eigenvalue weighted by molar-refractivity contribution is 6.30. The molecule has 2 N–H and O–H groups in total. The van der Waals surface area contributed by atoms with Crippen LogP contribution in [0.3, 0.4) is 0 Å². The van der Waals surface area contributed by atoms with Crippen molar-refractivity contribution in [3.8, 4) is 0 Å². The number of nitrogens with one attached hydrogen (secondary N) is 2. The Morgan fingerprint density at radius 2 is 1.86 bits per heavy atom. The fourth-order valence-electron chi connectivity index (χ4n) is 2.77. The fourth-order valence-corrected chi connectivity index (χ4v) is 2.90. The molecular weight excluding hydrogens is 296 g/mol. The van der Waals surface area contributed by atoms with E-state index < -0.39 is 0 Å². The lowest BCUT2D eigenvalue weighted by Crippen LogP contribution is -2.16. The van der Waals surface area contributed by atoms with E-state index in [-0.39, 0.29) is 0 Å². The summed E-state index contributed by atoms with van der Waals surface area (Å²) in [6.45, 7) is 0.800. The van der Waals surface area contributed by atoms with Gasteiger partial charge in [-0.1, -0.05) is 36.6 Å². The van der Waals surface area contributed by atoms with Crippen molar-refractivity contribution in [2.75, 3.05) is 17.2 Å². The first-order valence-corrected chi connectivity index (χ1v) is 8.25. The second kappa shape index (κ2) is 7.45. The Balaban J connectivity index is 1.50. The van der Waals surface area contributed by atoms with Crippen molar-refractivity contribution >= 4 is 23.4 Å². The molecule has 0 amide bonds. The first kappa shape index (κ1) is 15.1. The summed E-state index contributed by atoms with van der Waals surface area (Å²) in [5, 5.41) is 7.54. The third kappa shape index (κ3) is 4.34. The van der Waals surface area contributed by atoms with Gasteiger partial charge in [0.05, 0.1) is 0 Å². The molecule has 3 rings (SSSR count). The van der Waals surface area contributed by atoms with Crippen molar-refractivity contribution in [1.82, 2.24) is 9.97 Å². The van der Waals surface area contributed by atoms with E-state index in [0.29, 0.717) is 12.0 Å². The van der Waals surface area contributed by atoms with Crippen LogP contribution < -0.4 is 10.6 Å². The van der Waals surface area contributed by atoms with E-state index in [1.54, 1.807) is 6.20 Å². The quantitative estimate of drug-likeness (QED) is 0.841. The third-order valence-corrected chi connectivity index (χ3v) is 4.22. The summed E-state index contributed by atoms with van der Waals surface area (Å²) in [7, 11) is 0. The lowest BCUT2D eigenvalue weighted by Gasteiger charge is -2.13. The van der Waals surface area contributed by atoms with Crippen molar-refractivity contribution in [2.45, 2.75) is 38.1 Å². The SMILES string of the molecule is Clc1ccc(CCNc2nccc(NC3CCCC3)n2)cc1. The standard InChI is InChI=1S/C17H21ClN4/c18-14-7-5-13(6-8-14)9-11-19-17-20-12-10-16(22-17)21-15-3-1-2-4-15/h5-8,10,12,15H,1-4,9,11H2,(H2,19,20,21,22). The monoisotopic (exact) mass is 316 g/mol. The minimum atomic E-state index is 0.566. The van der Waals surface area contributed by atoms with Crippen LogP contribution in [-0.4, -0.2) is 22.6 Å². The maximum Gasteiger partial charge on any atom is 0.224 e. The van der Waals surface area contributed by atoms with Gasteiger partial charge in [-0.15, -0.1) is 0 Å². The molecule has 0 aliphatic heterocycles. The van der Waals surface area contributed by atoms with Crippen molar-refractivity contribution < 1.29 is 0 Å². The van der Waals surface area contributed by atoms with Crippen LogP contribution in [-0.2, 0) is 6.42 Å². The second-order valence-electron chi connectivity index (χ2n) is 5.69. The Hall–Kier alpha value is -1.81. The van der Waals surface area contributed by atoms with Crippen molar-refractivity contribution in [1.29, 1.82) is 0 Å². The van der Waals surface area contributed by atoms with Gasteiger partial charge in [-0.05, 0) is 43.0 Å². The molecule has 0 atom stereocenters. The Bertz CT molecular complexity index is 594. The lowest BCUT2D eigenvalue weighted by atomic mass is 10.1. The van der Waals surface area contributed by atoms with Crippen LogP contribution in [0.4, 0.5) is 11.8 Å². The van der Waals surface area contributed by atoms with E-state index in [9.17, 15) is 0 Å². The summed E-state index contributed by atoms with van der Waals surface area (Å²) in [4.78, 5) is 8.80. The molecule has 0 spiro atoms. The molecule has 0 radical (unpaired) electrons. The summed E-state index contributed by atoms with van der Waals surface area (Å²) in [6, 6.07) is 10.4. The molecule has 4 nitrogen and oxygen atoms in total. The van der Waals surface area contributed by atoms with E-state index in [0.717, 1.165) is 23.8 Å². The summed E-state index contributed by atoms with van der Waals surface area (Å²) in [5.74, 6) is 1.59. The van der Waals surface area contributed by atoms with Crippen LogP contribution in [0.5, 0.6) is 0 Å². The smallest absolute Gasteiger partial charge is 0.224 e. The molecule has 116 valence electrons. The Morgan fingerprint density at radius 3 is 2.64 bits per heavy atom. The summed E-state index contributed by atoms with van der Waals surface area (Å²) >= 11 is 5.89. The maximum absolute atomic E-state index is 5.89. The predicted octanol–water partition coefficient (Wildman–Crippen LogP) is 4.14. The second-order valence-corrected chi connectivity index (χ2v) is 6.13. The molecule has 1 fully saturated rings. The highest BCUT2D eigenvalue weighted by atomic mass is 35.5. The first-order chi connectivity index (χ1) is 10.8. The minimum Gasteiger partial charge on any atom is -0.367 e. The average Bonchev–Trinajstić information content (AvgIpc) is 3.03. The third-order valence-electron chi connectivity index (χ3n) is 3.97.